The SMILES string of the molecule is CN(C(=O)CC1CCCCO1)c1ccc(N)cc1. The van der Waals surface area contributed by atoms with Gasteiger partial charge in [-0.3, -0.25) is 4.79 Å². The van der Waals surface area contributed by atoms with Gasteiger partial charge in [-0.25, -0.2) is 0 Å². The molecule has 1 aliphatic rings. The lowest BCUT2D eigenvalue weighted by atomic mass is 10.1. The van der Waals surface area contributed by atoms with Gasteiger partial charge < -0.3 is 15.4 Å². The number of hydrogen-bond acceptors (Lipinski definition) is 3. The van der Waals surface area contributed by atoms with Crippen LogP contribution in [0.4, 0.5) is 11.4 Å². The second kappa shape index (κ2) is 5.87. The van der Waals surface area contributed by atoms with Gasteiger partial charge in [-0.1, -0.05) is 0 Å². The van der Waals surface area contributed by atoms with Crippen molar-refractivity contribution in [3.05, 3.63) is 24.3 Å². The molecule has 0 aliphatic carbocycles. The number of ether oxygens (including phenoxy) is 1. The maximum atomic E-state index is 12.1. The van der Waals surface area contributed by atoms with Crippen LogP contribution in [0.5, 0.6) is 0 Å². The van der Waals surface area contributed by atoms with Gasteiger partial charge in [-0.15, -0.1) is 0 Å². The molecule has 4 heteroatoms. The van der Waals surface area contributed by atoms with E-state index in [-0.39, 0.29) is 12.0 Å². The van der Waals surface area contributed by atoms with Gasteiger partial charge in [0.25, 0.3) is 0 Å². The summed E-state index contributed by atoms with van der Waals surface area (Å²) in [6.45, 7) is 0.781. The van der Waals surface area contributed by atoms with Crippen LogP contribution in [0.15, 0.2) is 24.3 Å². The number of amides is 1. The van der Waals surface area contributed by atoms with Gasteiger partial charge in [0.15, 0.2) is 0 Å². The summed E-state index contributed by atoms with van der Waals surface area (Å²) in [6.07, 6.45) is 3.80. The summed E-state index contributed by atoms with van der Waals surface area (Å²) in [4.78, 5) is 13.8. The molecule has 2 N–H and O–H groups in total. The number of carbonyl (C=O) groups is 1. The van der Waals surface area contributed by atoms with Gasteiger partial charge in [-0.05, 0) is 43.5 Å². The van der Waals surface area contributed by atoms with Crippen molar-refractivity contribution in [2.24, 2.45) is 0 Å². The molecule has 98 valence electrons. The smallest absolute Gasteiger partial charge is 0.229 e. The van der Waals surface area contributed by atoms with Crippen LogP contribution in [0.25, 0.3) is 0 Å². The van der Waals surface area contributed by atoms with Gasteiger partial charge in [0, 0.05) is 25.0 Å². The summed E-state index contributed by atoms with van der Waals surface area (Å²) in [7, 11) is 1.79. The molecule has 1 atom stereocenters. The van der Waals surface area contributed by atoms with Gasteiger partial charge in [0.05, 0.1) is 12.5 Å². The Morgan fingerprint density at radius 3 is 2.72 bits per heavy atom. The second-order valence-electron chi connectivity index (χ2n) is 4.74. The summed E-state index contributed by atoms with van der Waals surface area (Å²) < 4.78 is 5.59. The molecule has 1 heterocycles. The fourth-order valence-electron chi connectivity index (χ4n) is 2.14. The van der Waals surface area contributed by atoms with Crippen LogP contribution in [0, 0.1) is 0 Å². The van der Waals surface area contributed by atoms with Gasteiger partial charge >= 0.3 is 0 Å². The van der Waals surface area contributed by atoms with Crippen LogP contribution in [-0.4, -0.2) is 25.7 Å². The number of rotatable bonds is 3. The Kier molecular flexibility index (Phi) is 4.20. The molecular formula is C14H20N2O2. The fourth-order valence-corrected chi connectivity index (χ4v) is 2.14. The largest absolute Gasteiger partial charge is 0.399 e. The van der Waals surface area contributed by atoms with Gasteiger partial charge in [-0.2, -0.15) is 0 Å². The van der Waals surface area contributed by atoms with E-state index in [2.05, 4.69) is 0 Å². The molecule has 1 fully saturated rings. The van der Waals surface area contributed by atoms with Crippen molar-refractivity contribution in [2.75, 3.05) is 24.3 Å². The average Bonchev–Trinajstić information content (AvgIpc) is 2.40. The van der Waals surface area contributed by atoms with Crippen molar-refractivity contribution in [2.45, 2.75) is 31.8 Å². The van der Waals surface area contributed by atoms with E-state index in [4.69, 9.17) is 10.5 Å². The molecular weight excluding hydrogens is 228 g/mol. The topological polar surface area (TPSA) is 55.6 Å². The van der Waals surface area contributed by atoms with E-state index in [0.29, 0.717) is 12.1 Å². The number of benzene rings is 1. The molecule has 18 heavy (non-hydrogen) atoms. The Balaban J connectivity index is 1.93. The first-order chi connectivity index (χ1) is 8.66. The summed E-state index contributed by atoms with van der Waals surface area (Å²) >= 11 is 0. The van der Waals surface area contributed by atoms with E-state index in [1.54, 1.807) is 24.1 Å². The van der Waals surface area contributed by atoms with Gasteiger partial charge in [0.2, 0.25) is 5.91 Å². The Labute approximate surface area is 108 Å². The predicted octanol–water partition coefficient (Wildman–Crippen LogP) is 2.19. The number of nitrogen functional groups attached to an aromatic ring is 1. The highest BCUT2D eigenvalue weighted by atomic mass is 16.5. The van der Waals surface area contributed by atoms with Crippen molar-refractivity contribution in [3.63, 3.8) is 0 Å². The number of hydrogen-bond donors (Lipinski definition) is 1. The highest BCUT2D eigenvalue weighted by molar-refractivity contribution is 5.93. The molecule has 0 aromatic heterocycles. The van der Waals surface area contributed by atoms with Crippen LogP contribution in [-0.2, 0) is 9.53 Å². The van der Waals surface area contributed by atoms with E-state index >= 15 is 0 Å². The molecule has 0 radical (unpaired) electrons. The Bertz CT molecular complexity index is 397. The molecule has 2 rings (SSSR count). The van der Waals surface area contributed by atoms with E-state index in [9.17, 15) is 4.79 Å². The third kappa shape index (κ3) is 3.23. The maximum Gasteiger partial charge on any atom is 0.229 e. The van der Waals surface area contributed by atoms with E-state index in [1.807, 2.05) is 12.1 Å². The maximum absolute atomic E-state index is 12.1. The third-order valence-electron chi connectivity index (χ3n) is 3.33. The van der Waals surface area contributed by atoms with E-state index in [0.717, 1.165) is 31.6 Å². The molecule has 0 saturated carbocycles. The zero-order chi connectivity index (χ0) is 13.0. The molecule has 0 spiro atoms. The first kappa shape index (κ1) is 12.9. The molecule has 1 saturated heterocycles. The van der Waals surface area contributed by atoms with Gasteiger partial charge in [0.1, 0.15) is 0 Å². The van der Waals surface area contributed by atoms with Crippen molar-refractivity contribution < 1.29 is 9.53 Å². The van der Waals surface area contributed by atoms with Crippen LogP contribution < -0.4 is 10.6 Å². The van der Waals surface area contributed by atoms with E-state index < -0.39 is 0 Å². The third-order valence-corrected chi connectivity index (χ3v) is 3.33. The monoisotopic (exact) mass is 248 g/mol. The summed E-state index contributed by atoms with van der Waals surface area (Å²) in [5.41, 5.74) is 7.20. The quantitative estimate of drug-likeness (QED) is 0.834. The standard InChI is InChI=1S/C14H20N2O2/c1-16(12-7-5-11(15)6-8-12)14(17)10-13-4-2-3-9-18-13/h5-8,13H,2-4,9-10,15H2,1H3. The van der Waals surface area contributed by atoms with Crippen molar-refractivity contribution >= 4 is 17.3 Å². The number of anilines is 2. The zero-order valence-corrected chi connectivity index (χ0v) is 10.8. The number of nitrogens with zero attached hydrogens (tertiary/aromatic N) is 1. The summed E-state index contributed by atoms with van der Waals surface area (Å²) in [6, 6.07) is 7.32. The normalized spacial score (nSPS) is 19.5. The van der Waals surface area contributed by atoms with Crippen LogP contribution in [0.2, 0.25) is 0 Å². The second-order valence-corrected chi connectivity index (χ2v) is 4.74. The first-order valence-corrected chi connectivity index (χ1v) is 6.40. The summed E-state index contributed by atoms with van der Waals surface area (Å²) in [5.74, 6) is 0.0895. The molecule has 1 amide bonds. The Hall–Kier alpha value is -1.55. The highest BCUT2D eigenvalue weighted by Crippen LogP contribution is 2.19. The molecule has 1 unspecified atom stereocenters. The summed E-state index contributed by atoms with van der Waals surface area (Å²) in [5, 5.41) is 0. The Morgan fingerprint density at radius 2 is 2.11 bits per heavy atom. The van der Waals surface area contributed by atoms with Crippen molar-refractivity contribution in [1.82, 2.24) is 0 Å². The molecule has 1 aromatic rings. The van der Waals surface area contributed by atoms with Crippen LogP contribution >= 0.6 is 0 Å². The lowest BCUT2D eigenvalue weighted by molar-refractivity contribution is -0.122. The number of nitrogens with two attached hydrogens (primary N) is 1. The van der Waals surface area contributed by atoms with Crippen molar-refractivity contribution in [3.8, 4) is 0 Å². The lowest BCUT2D eigenvalue weighted by Crippen LogP contribution is -2.32. The molecule has 0 bridgehead atoms. The molecule has 1 aliphatic heterocycles. The van der Waals surface area contributed by atoms with Crippen LogP contribution in [0.1, 0.15) is 25.7 Å². The van der Waals surface area contributed by atoms with Crippen molar-refractivity contribution in [1.29, 1.82) is 0 Å². The highest BCUT2D eigenvalue weighted by Gasteiger charge is 2.20. The first-order valence-electron chi connectivity index (χ1n) is 6.40. The zero-order valence-electron chi connectivity index (χ0n) is 10.8. The predicted molar refractivity (Wildman–Crippen MR) is 72.5 cm³/mol. The molecule has 4 nitrogen and oxygen atoms in total. The fraction of sp³-hybridized carbons (Fsp3) is 0.500. The van der Waals surface area contributed by atoms with Crippen LogP contribution in [0.3, 0.4) is 0 Å². The molecule has 1 aromatic carbocycles. The minimum absolute atomic E-state index is 0.0856. The lowest BCUT2D eigenvalue weighted by Gasteiger charge is -2.25. The minimum Gasteiger partial charge on any atom is -0.399 e. The van der Waals surface area contributed by atoms with E-state index in [1.165, 1.54) is 0 Å². The average molecular weight is 248 g/mol. The Morgan fingerprint density at radius 1 is 1.39 bits per heavy atom. The number of carbonyl (C=O) groups excluding carboxylic acids is 1. The minimum atomic E-state index is 0.0856.